The van der Waals surface area contributed by atoms with E-state index >= 15 is 0 Å². The Morgan fingerprint density at radius 3 is 2.79 bits per heavy atom. The van der Waals surface area contributed by atoms with Gasteiger partial charge in [-0.05, 0) is 6.92 Å². The predicted octanol–water partition coefficient (Wildman–Crippen LogP) is 0.148. The minimum absolute atomic E-state index is 0.0157. The fourth-order valence-electron chi connectivity index (χ4n) is 1.35. The molecule has 0 amide bonds. The molecule has 2 heterocycles. The van der Waals surface area contributed by atoms with Crippen LogP contribution in [0.5, 0.6) is 0 Å². The van der Waals surface area contributed by atoms with Gasteiger partial charge in [0.15, 0.2) is 5.82 Å². The van der Waals surface area contributed by atoms with Gasteiger partial charge in [0, 0.05) is 6.07 Å². The van der Waals surface area contributed by atoms with E-state index in [2.05, 4.69) is 19.4 Å². The Labute approximate surface area is 107 Å². The van der Waals surface area contributed by atoms with E-state index in [0.717, 1.165) is 12.5 Å². The van der Waals surface area contributed by atoms with Crippen molar-refractivity contribution >= 4 is 16.0 Å². The van der Waals surface area contributed by atoms with Gasteiger partial charge in [-0.15, -0.1) is 0 Å². The van der Waals surface area contributed by atoms with Crippen molar-refractivity contribution in [1.82, 2.24) is 14.9 Å². The fourth-order valence-corrected chi connectivity index (χ4v) is 2.50. The molecular weight excluding hydrogens is 278 g/mol. The Hall–Kier alpha value is -2.20. The molecule has 0 aliphatic heterocycles. The molecule has 0 spiro atoms. The van der Waals surface area contributed by atoms with Crippen molar-refractivity contribution in [2.24, 2.45) is 0 Å². The first-order valence-electron chi connectivity index (χ1n) is 4.99. The number of carboxylic acids is 1. The summed E-state index contributed by atoms with van der Waals surface area (Å²) >= 11 is 0. The maximum atomic E-state index is 11.9. The highest BCUT2D eigenvalue weighted by Gasteiger charge is 2.23. The molecule has 2 aromatic rings. The van der Waals surface area contributed by atoms with Crippen molar-refractivity contribution in [2.75, 3.05) is 0 Å². The van der Waals surface area contributed by atoms with Crippen LogP contribution < -0.4 is 4.72 Å². The second-order valence-corrected chi connectivity index (χ2v) is 5.24. The molecule has 0 unspecified atom stereocenters. The second kappa shape index (κ2) is 4.82. The van der Waals surface area contributed by atoms with Crippen LogP contribution in [0.1, 0.15) is 22.1 Å². The smallest absolute Gasteiger partial charge is 0.371 e. The van der Waals surface area contributed by atoms with E-state index in [0.29, 0.717) is 0 Å². The molecule has 10 heteroatoms. The lowest BCUT2D eigenvalue weighted by Gasteiger charge is -2.02. The standard InChI is InChI=1S/C9H9N3O6S/c1-5-7(2-6(18-5)9(13)14)19(15,16)11-3-8-10-4-17-12-8/h2,4,11H,3H2,1H3,(H,13,14). The molecule has 102 valence electrons. The van der Waals surface area contributed by atoms with E-state index < -0.39 is 21.8 Å². The summed E-state index contributed by atoms with van der Waals surface area (Å²) in [6.07, 6.45) is 1.06. The summed E-state index contributed by atoms with van der Waals surface area (Å²) in [7, 11) is -3.91. The fraction of sp³-hybridized carbons (Fsp3) is 0.222. The highest BCUT2D eigenvalue weighted by molar-refractivity contribution is 7.89. The molecule has 0 aliphatic carbocycles. The van der Waals surface area contributed by atoms with E-state index in [1.165, 1.54) is 6.92 Å². The molecule has 2 N–H and O–H groups in total. The summed E-state index contributed by atoms with van der Waals surface area (Å²) in [6.45, 7) is 1.18. The first-order valence-corrected chi connectivity index (χ1v) is 6.47. The lowest BCUT2D eigenvalue weighted by molar-refractivity contribution is 0.0661. The van der Waals surface area contributed by atoms with Gasteiger partial charge < -0.3 is 14.0 Å². The zero-order valence-corrected chi connectivity index (χ0v) is 10.5. The van der Waals surface area contributed by atoms with Gasteiger partial charge in [-0.25, -0.2) is 17.9 Å². The molecule has 0 bridgehead atoms. The molecule has 0 atom stereocenters. The van der Waals surface area contributed by atoms with E-state index in [4.69, 9.17) is 9.52 Å². The number of furan rings is 1. The van der Waals surface area contributed by atoms with Crippen molar-refractivity contribution in [3.63, 3.8) is 0 Å². The Kier molecular flexibility index (Phi) is 3.36. The first kappa shape index (κ1) is 13.2. The van der Waals surface area contributed by atoms with Crippen LogP contribution in [0.2, 0.25) is 0 Å². The molecule has 0 radical (unpaired) electrons. The molecule has 2 rings (SSSR count). The predicted molar refractivity (Wildman–Crippen MR) is 58.7 cm³/mol. The molecule has 0 fully saturated rings. The molecule has 0 aromatic carbocycles. The van der Waals surface area contributed by atoms with Gasteiger partial charge in [0.2, 0.25) is 22.2 Å². The van der Waals surface area contributed by atoms with Crippen LogP contribution in [0, 0.1) is 6.92 Å². The number of sulfonamides is 1. The quantitative estimate of drug-likeness (QED) is 0.793. The minimum atomic E-state index is -3.91. The van der Waals surface area contributed by atoms with Crippen molar-refractivity contribution in [1.29, 1.82) is 0 Å². The lowest BCUT2D eigenvalue weighted by Crippen LogP contribution is -2.24. The summed E-state index contributed by atoms with van der Waals surface area (Å²) in [4.78, 5) is 14.1. The first-order chi connectivity index (χ1) is 8.90. The number of hydrogen-bond donors (Lipinski definition) is 2. The number of rotatable bonds is 5. The van der Waals surface area contributed by atoms with Crippen molar-refractivity contribution in [3.05, 3.63) is 29.8 Å². The summed E-state index contributed by atoms with van der Waals surface area (Å²) < 4.78 is 35.4. The van der Waals surface area contributed by atoms with Crippen LogP contribution in [0.25, 0.3) is 0 Å². The molecule has 0 saturated heterocycles. The average molecular weight is 287 g/mol. The summed E-state index contributed by atoms with van der Waals surface area (Å²) in [5, 5.41) is 12.2. The van der Waals surface area contributed by atoms with Crippen LogP contribution in [0.4, 0.5) is 0 Å². The van der Waals surface area contributed by atoms with Crippen molar-refractivity contribution in [3.8, 4) is 0 Å². The molecule has 19 heavy (non-hydrogen) atoms. The van der Waals surface area contributed by atoms with Crippen LogP contribution in [0.15, 0.2) is 26.3 Å². The monoisotopic (exact) mass is 287 g/mol. The molecule has 0 saturated carbocycles. The van der Waals surface area contributed by atoms with Gasteiger partial charge in [0.05, 0.1) is 6.54 Å². The maximum Gasteiger partial charge on any atom is 0.371 e. The summed E-state index contributed by atoms with van der Waals surface area (Å²) in [6, 6.07) is 0.941. The van der Waals surface area contributed by atoms with Gasteiger partial charge in [0.25, 0.3) is 0 Å². The van der Waals surface area contributed by atoms with E-state index in [1.54, 1.807) is 0 Å². The summed E-state index contributed by atoms with van der Waals surface area (Å²) in [5.41, 5.74) is 0. The van der Waals surface area contributed by atoms with Crippen LogP contribution >= 0.6 is 0 Å². The number of aromatic nitrogens is 2. The van der Waals surface area contributed by atoms with Crippen LogP contribution in [-0.2, 0) is 16.6 Å². The SMILES string of the molecule is Cc1oc(C(=O)O)cc1S(=O)(=O)NCc1ncon1. The Morgan fingerprint density at radius 2 is 2.26 bits per heavy atom. The Morgan fingerprint density at radius 1 is 1.53 bits per heavy atom. The number of nitrogens with one attached hydrogen (secondary N) is 1. The number of aromatic carboxylic acids is 1. The molecule has 9 nitrogen and oxygen atoms in total. The number of nitrogens with zero attached hydrogens (tertiary/aromatic N) is 2. The third-order valence-corrected chi connectivity index (χ3v) is 3.71. The minimum Gasteiger partial charge on any atom is -0.475 e. The topological polar surface area (TPSA) is 136 Å². The van der Waals surface area contributed by atoms with Gasteiger partial charge in [-0.2, -0.15) is 4.98 Å². The Bertz CT molecular complexity index is 688. The van der Waals surface area contributed by atoms with Crippen molar-refractivity contribution < 1.29 is 27.3 Å². The zero-order valence-electron chi connectivity index (χ0n) is 9.65. The molecular formula is C9H9N3O6S. The van der Waals surface area contributed by atoms with E-state index in [1.807, 2.05) is 0 Å². The second-order valence-electron chi connectivity index (χ2n) is 3.51. The number of hydrogen-bond acceptors (Lipinski definition) is 7. The normalized spacial score (nSPS) is 11.6. The Balaban J connectivity index is 2.22. The van der Waals surface area contributed by atoms with Crippen LogP contribution in [0.3, 0.4) is 0 Å². The number of carbonyl (C=O) groups is 1. The number of aryl methyl sites for hydroxylation is 1. The molecule has 0 aliphatic rings. The number of carboxylic acid groups (broad SMARTS) is 1. The van der Waals surface area contributed by atoms with Crippen LogP contribution in [-0.4, -0.2) is 29.6 Å². The van der Waals surface area contributed by atoms with E-state index in [-0.39, 0.29) is 23.0 Å². The lowest BCUT2D eigenvalue weighted by atomic mass is 10.4. The largest absolute Gasteiger partial charge is 0.475 e. The van der Waals surface area contributed by atoms with Crippen molar-refractivity contribution in [2.45, 2.75) is 18.4 Å². The average Bonchev–Trinajstić information content (AvgIpc) is 2.95. The van der Waals surface area contributed by atoms with Gasteiger partial charge in [0.1, 0.15) is 10.7 Å². The zero-order chi connectivity index (χ0) is 14.0. The maximum absolute atomic E-state index is 11.9. The highest BCUT2D eigenvalue weighted by atomic mass is 32.2. The van der Waals surface area contributed by atoms with Gasteiger partial charge in [-0.3, -0.25) is 0 Å². The van der Waals surface area contributed by atoms with E-state index in [9.17, 15) is 13.2 Å². The third-order valence-electron chi connectivity index (χ3n) is 2.20. The highest BCUT2D eigenvalue weighted by Crippen LogP contribution is 2.19. The van der Waals surface area contributed by atoms with Gasteiger partial charge in [-0.1, -0.05) is 5.16 Å². The van der Waals surface area contributed by atoms with Gasteiger partial charge >= 0.3 is 5.97 Å². The third kappa shape index (κ3) is 2.80. The molecule has 2 aromatic heterocycles. The summed E-state index contributed by atoms with van der Waals surface area (Å²) in [5.74, 6) is -1.65.